The molecule has 1 aromatic carbocycles. The standard InChI is InChI=1S/C18H15F2N5O/c19-12-3-11(4-13(20)5-12)8-25-17-7-14(24-10-16(17)18(21)26)6-15-9-22-1-2-23-15/h1-5,7,9-10H,6,8H2,(H2,21,26)(H,24,25). The van der Waals surface area contributed by atoms with Crippen molar-refractivity contribution < 1.29 is 13.6 Å². The second-order valence-corrected chi connectivity index (χ2v) is 5.59. The molecule has 26 heavy (non-hydrogen) atoms. The number of carbonyl (C=O) groups is 1. The van der Waals surface area contributed by atoms with Gasteiger partial charge in [-0.1, -0.05) is 0 Å². The molecule has 0 atom stereocenters. The first-order valence-electron chi connectivity index (χ1n) is 7.74. The summed E-state index contributed by atoms with van der Waals surface area (Å²) in [6.07, 6.45) is 6.54. The fourth-order valence-electron chi connectivity index (χ4n) is 2.46. The van der Waals surface area contributed by atoms with Crippen LogP contribution in [0.25, 0.3) is 0 Å². The van der Waals surface area contributed by atoms with Crippen molar-refractivity contribution in [2.45, 2.75) is 13.0 Å². The Bertz CT molecular complexity index is 914. The maximum Gasteiger partial charge on any atom is 0.252 e. The molecule has 0 aliphatic carbocycles. The summed E-state index contributed by atoms with van der Waals surface area (Å²) >= 11 is 0. The van der Waals surface area contributed by atoms with Gasteiger partial charge in [-0.15, -0.1) is 0 Å². The van der Waals surface area contributed by atoms with Crippen molar-refractivity contribution in [3.05, 3.63) is 83.2 Å². The van der Waals surface area contributed by atoms with E-state index in [2.05, 4.69) is 20.3 Å². The number of nitrogens with one attached hydrogen (secondary N) is 1. The Balaban J connectivity index is 1.83. The molecule has 2 aromatic heterocycles. The minimum atomic E-state index is -0.671. The number of halogens is 2. The van der Waals surface area contributed by atoms with E-state index in [0.29, 0.717) is 29.1 Å². The zero-order chi connectivity index (χ0) is 18.5. The first-order valence-corrected chi connectivity index (χ1v) is 7.74. The average Bonchev–Trinajstić information content (AvgIpc) is 2.60. The minimum Gasteiger partial charge on any atom is -0.380 e. The average molecular weight is 355 g/mol. The van der Waals surface area contributed by atoms with Gasteiger partial charge in [-0.2, -0.15) is 0 Å². The Morgan fingerprint density at radius 3 is 2.42 bits per heavy atom. The molecule has 1 amide bonds. The van der Waals surface area contributed by atoms with Gasteiger partial charge in [0.25, 0.3) is 5.91 Å². The lowest BCUT2D eigenvalue weighted by Crippen LogP contribution is -2.15. The fourth-order valence-corrected chi connectivity index (χ4v) is 2.46. The molecule has 6 nitrogen and oxygen atoms in total. The summed E-state index contributed by atoms with van der Waals surface area (Å²) in [4.78, 5) is 24.0. The molecule has 0 unspecified atom stereocenters. The molecule has 0 bridgehead atoms. The van der Waals surface area contributed by atoms with E-state index in [-0.39, 0.29) is 12.1 Å². The highest BCUT2D eigenvalue weighted by Crippen LogP contribution is 2.19. The molecule has 3 N–H and O–H groups in total. The van der Waals surface area contributed by atoms with E-state index >= 15 is 0 Å². The highest BCUT2D eigenvalue weighted by molar-refractivity contribution is 5.98. The van der Waals surface area contributed by atoms with Crippen molar-refractivity contribution in [3.8, 4) is 0 Å². The van der Waals surface area contributed by atoms with Crippen LogP contribution in [0.3, 0.4) is 0 Å². The quantitative estimate of drug-likeness (QED) is 0.708. The molecule has 8 heteroatoms. The van der Waals surface area contributed by atoms with Gasteiger partial charge in [0.1, 0.15) is 11.6 Å². The highest BCUT2D eigenvalue weighted by atomic mass is 19.1. The lowest BCUT2D eigenvalue weighted by Gasteiger charge is -2.12. The van der Waals surface area contributed by atoms with Crippen molar-refractivity contribution in [1.82, 2.24) is 15.0 Å². The van der Waals surface area contributed by atoms with Gasteiger partial charge in [-0.25, -0.2) is 8.78 Å². The third kappa shape index (κ3) is 4.35. The molecule has 0 spiro atoms. The number of hydrogen-bond acceptors (Lipinski definition) is 5. The van der Waals surface area contributed by atoms with Crippen molar-refractivity contribution in [2.24, 2.45) is 5.73 Å². The van der Waals surface area contributed by atoms with E-state index in [0.717, 1.165) is 6.07 Å². The third-order valence-corrected chi connectivity index (χ3v) is 3.61. The van der Waals surface area contributed by atoms with Crippen LogP contribution < -0.4 is 11.1 Å². The van der Waals surface area contributed by atoms with E-state index in [4.69, 9.17) is 5.73 Å². The smallest absolute Gasteiger partial charge is 0.252 e. The molecule has 0 saturated carbocycles. The number of amides is 1. The Kier molecular flexibility index (Phi) is 5.12. The first kappa shape index (κ1) is 17.4. The number of hydrogen-bond donors (Lipinski definition) is 2. The van der Waals surface area contributed by atoms with E-state index in [9.17, 15) is 13.6 Å². The van der Waals surface area contributed by atoms with Crippen LogP contribution in [0, 0.1) is 11.6 Å². The molecule has 132 valence electrons. The number of pyridine rings is 1. The molecule has 0 radical (unpaired) electrons. The normalized spacial score (nSPS) is 10.5. The Morgan fingerprint density at radius 1 is 1.00 bits per heavy atom. The molecule has 0 aliphatic heterocycles. The van der Waals surface area contributed by atoms with Crippen LogP contribution in [0.2, 0.25) is 0 Å². The van der Waals surface area contributed by atoms with Gasteiger partial charge in [-0.3, -0.25) is 19.7 Å². The van der Waals surface area contributed by atoms with Crippen LogP contribution in [0.1, 0.15) is 27.3 Å². The molecular weight excluding hydrogens is 340 g/mol. The summed E-state index contributed by atoms with van der Waals surface area (Å²) in [6, 6.07) is 4.87. The maximum atomic E-state index is 13.3. The lowest BCUT2D eigenvalue weighted by atomic mass is 10.1. The van der Waals surface area contributed by atoms with Gasteiger partial charge in [0.15, 0.2) is 0 Å². The topological polar surface area (TPSA) is 93.8 Å². The zero-order valence-electron chi connectivity index (χ0n) is 13.6. The number of primary amides is 1. The predicted molar refractivity (Wildman–Crippen MR) is 91.3 cm³/mol. The largest absolute Gasteiger partial charge is 0.380 e. The second-order valence-electron chi connectivity index (χ2n) is 5.59. The van der Waals surface area contributed by atoms with E-state index in [1.165, 1.54) is 18.3 Å². The lowest BCUT2D eigenvalue weighted by molar-refractivity contribution is 0.100. The van der Waals surface area contributed by atoms with Crippen LogP contribution in [0.5, 0.6) is 0 Å². The minimum absolute atomic E-state index is 0.115. The van der Waals surface area contributed by atoms with Crippen LogP contribution in [0.15, 0.2) is 49.1 Å². The molecular formula is C18H15F2N5O. The SMILES string of the molecule is NC(=O)c1cnc(Cc2cnccn2)cc1NCc1cc(F)cc(F)c1. The summed E-state index contributed by atoms with van der Waals surface area (Å²) in [5.41, 5.74) is 7.73. The zero-order valence-corrected chi connectivity index (χ0v) is 13.6. The van der Waals surface area contributed by atoms with Gasteiger partial charge < -0.3 is 11.1 Å². The predicted octanol–water partition coefficient (Wildman–Crippen LogP) is 2.45. The van der Waals surface area contributed by atoms with Gasteiger partial charge in [0, 0.05) is 49.5 Å². The number of carbonyl (C=O) groups excluding carboxylic acids is 1. The maximum absolute atomic E-state index is 13.3. The monoisotopic (exact) mass is 355 g/mol. The van der Waals surface area contributed by atoms with Gasteiger partial charge in [0.2, 0.25) is 0 Å². The Morgan fingerprint density at radius 2 is 1.77 bits per heavy atom. The molecule has 0 aliphatic rings. The molecule has 3 rings (SSSR count). The number of anilines is 1. The Labute approximate surface area is 148 Å². The number of benzene rings is 1. The number of rotatable bonds is 6. The fraction of sp³-hybridized carbons (Fsp3) is 0.111. The van der Waals surface area contributed by atoms with Crippen LogP contribution >= 0.6 is 0 Å². The summed E-state index contributed by atoms with van der Waals surface area (Å²) in [5, 5.41) is 2.98. The van der Waals surface area contributed by atoms with Crippen molar-refractivity contribution in [3.63, 3.8) is 0 Å². The number of aromatic nitrogens is 3. The van der Waals surface area contributed by atoms with Crippen molar-refractivity contribution in [2.75, 3.05) is 5.32 Å². The van der Waals surface area contributed by atoms with Gasteiger partial charge in [-0.05, 0) is 23.8 Å². The summed E-state index contributed by atoms with van der Waals surface area (Å²) < 4.78 is 26.6. The van der Waals surface area contributed by atoms with E-state index in [1.54, 1.807) is 24.7 Å². The second kappa shape index (κ2) is 7.64. The van der Waals surface area contributed by atoms with Crippen LogP contribution in [-0.4, -0.2) is 20.9 Å². The van der Waals surface area contributed by atoms with Crippen molar-refractivity contribution >= 4 is 11.6 Å². The van der Waals surface area contributed by atoms with Crippen LogP contribution in [-0.2, 0) is 13.0 Å². The van der Waals surface area contributed by atoms with E-state index in [1.807, 2.05) is 0 Å². The molecule has 0 fully saturated rings. The number of nitrogens with zero attached hydrogens (tertiary/aromatic N) is 3. The number of nitrogens with two attached hydrogens (primary N) is 1. The molecule has 2 heterocycles. The first-order chi connectivity index (χ1) is 12.5. The Hall–Kier alpha value is -3.42. The summed E-state index contributed by atoms with van der Waals surface area (Å²) in [6.45, 7) is 0.115. The van der Waals surface area contributed by atoms with Crippen molar-refractivity contribution in [1.29, 1.82) is 0 Å². The van der Waals surface area contributed by atoms with Gasteiger partial charge >= 0.3 is 0 Å². The molecule has 0 saturated heterocycles. The van der Waals surface area contributed by atoms with Gasteiger partial charge in [0.05, 0.1) is 16.9 Å². The van der Waals surface area contributed by atoms with Crippen LogP contribution in [0.4, 0.5) is 14.5 Å². The summed E-state index contributed by atoms with van der Waals surface area (Å²) in [7, 11) is 0. The molecule has 3 aromatic rings. The summed E-state index contributed by atoms with van der Waals surface area (Å²) in [5.74, 6) is -2.00. The highest BCUT2D eigenvalue weighted by Gasteiger charge is 2.11. The third-order valence-electron chi connectivity index (χ3n) is 3.61. The van der Waals surface area contributed by atoms with E-state index < -0.39 is 17.5 Å².